The van der Waals surface area contributed by atoms with Crippen LogP contribution in [0.4, 0.5) is 5.82 Å². The topological polar surface area (TPSA) is 76.6 Å². The minimum absolute atomic E-state index is 0.0519. The van der Waals surface area contributed by atoms with Crippen LogP contribution >= 0.6 is 11.3 Å². The predicted octanol–water partition coefficient (Wildman–Crippen LogP) is 1.75. The SMILES string of the molecule is Cc1c(C(=O)NCC2CCCO2)sc2ncnc(N3CCOCC3)c12. The smallest absolute Gasteiger partial charge is 0.261 e. The van der Waals surface area contributed by atoms with Gasteiger partial charge in [0, 0.05) is 26.2 Å². The van der Waals surface area contributed by atoms with Crippen LogP contribution in [0.5, 0.6) is 0 Å². The second-order valence-electron chi connectivity index (χ2n) is 6.38. The molecular weight excluding hydrogens is 340 g/mol. The lowest BCUT2D eigenvalue weighted by Gasteiger charge is -2.28. The first-order valence-electron chi connectivity index (χ1n) is 8.70. The monoisotopic (exact) mass is 362 g/mol. The number of carbonyl (C=O) groups excluding carboxylic acids is 1. The first kappa shape index (κ1) is 16.7. The van der Waals surface area contributed by atoms with Crippen molar-refractivity contribution < 1.29 is 14.3 Å². The first-order valence-corrected chi connectivity index (χ1v) is 9.52. The molecule has 1 unspecified atom stereocenters. The van der Waals surface area contributed by atoms with E-state index in [0.717, 1.165) is 54.1 Å². The maximum Gasteiger partial charge on any atom is 0.261 e. The number of carbonyl (C=O) groups is 1. The molecule has 2 aliphatic heterocycles. The molecule has 2 aromatic rings. The normalized spacial score (nSPS) is 21.0. The zero-order chi connectivity index (χ0) is 17.2. The maximum atomic E-state index is 12.6. The summed E-state index contributed by atoms with van der Waals surface area (Å²) >= 11 is 1.43. The van der Waals surface area contributed by atoms with Gasteiger partial charge in [-0.1, -0.05) is 0 Å². The van der Waals surface area contributed by atoms with Crippen LogP contribution in [0.1, 0.15) is 28.1 Å². The molecule has 25 heavy (non-hydrogen) atoms. The Morgan fingerprint density at radius 3 is 2.96 bits per heavy atom. The van der Waals surface area contributed by atoms with Crippen molar-refractivity contribution in [3.63, 3.8) is 0 Å². The quantitative estimate of drug-likeness (QED) is 0.893. The van der Waals surface area contributed by atoms with E-state index in [0.29, 0.717) is 24.6 Å². The summed E-state index contributed by atoms with van der Waals surface area (Å²) in [7, 11) is 0. The summed E-state index contributed by atoms with van der Waals surface area (Å²) in [4.78, 5) is 25.3. The van der Waals surface area contributed by atoms with Crippen molar-refractivity contribution in [1.29, 1.82) is 0 Å². The number of fused-ring (bicyclic) bond motifs is 1. The van der Waals surface area contributed by atoms with E-state index >= 15 is 0 Å². The first-order chi connectivity index (χ1) is 12.2. The van der Waals surface area contributed by atoms with Crippen molar-refractivity contribution in [3.8, 4) is 0 Å². The molecule has 4 rings (SSSR count). The molecule has 2 aliphatic rings. The molecule has 0 radical (unpaired) electrons. The molecule has 134 valence electrons. The third kappa shape index (κ3) is 3.33. The number of ether oxygens (including phenoxy) is 2. The Hall–Kier alpha value is -1.77. The summed E-state index contributed by atoms with van der Waals surface area (Å²) in [6.07, 6.45) is 3.80. The fraction of sp³-hybridized carbons (Fsp3) is 0.588. The van der Waals surface area contributed by atoms with Gasteiger partial charge in [-0.3, -0.25) is 4.79 Å². The molecule has 7 nitrogen and oxygen atoms in total. The Morgan fingerprint density at radius 1 is 1.36 bits per heavy atom. The zero-order valence-electron chi connectivity index (χ0n) is 14.3. The van der Waals surface area contributed by atoms with Gasteiger partial charge in [-0.2, -0.15) is 0 Å². The van der Waals surface area contributed by atoms with Gasteiger partial charge in [0.2, 0.25) is 0 Å². The summed E-state index contributed by atoms with van der Waals surface area (Å²) in [6, 6.07) is 0. The van der Waals surface area contributed by atoms with Gasteiger partial charge in [0.1, 0.15) is 17.0 Å². The van der Waals surface area contributed by atoms with Crippen LogP contribution in [-0.4, -0.2) is 61.4 Å². The minimum Gasteiger partial charge on any atom is -0.378 e. The molecule has 2 saturated heterocycles. The molecule has 1 amide bonds. The summed E-state index contributed by atoms with van der Waals surface area (Å²) < 4.78 is 11.0. The number of rotatable bonds is 4. The molecule has 1 N–H and O–H groups in total. The van der Waals surface area contributed by atoms with E-state index in [-0.39, 0.29) is 12.0 Å². The van der Waals surface area contributed by atoms with Crippen molar-refractivity contribution in [2.45, 2.75) is 25.9 Å². The zero-order valence-corrected chi connectivity index (χ0v) is 15.1. The molecule has 0 bridgehead atoms. The minimum atomic E-state index is -0.0519. The van der Waals surface area contributed by atoms with Crippen LogP contribution in [0, 0.1) is 6.92 Å². The van der Waals surface area contributed by atoms with Crippen LogP contribution in [0.3, 0.4) is 0 Å². The Labute approximate surface area is 150 Å². The lowest BCUT2D eigenvalue weighted by atomic mass is 10.1. The number of anilines is 1. The highest BCUT2D eigenvalue weighted by Crippen LogP contribution is 2.35. The molecule has 4 heterocycles. The molecule has 0 saturated carbocycles. The number of aryl methyl sites for hydroxylation is 1. The van der Waals surface area contributed by atoms with E-state index in [9.17, 15) is 4.79 Å². The number of aromatic nitrogens is 2. The lowest BCUT2D eigenvalue weighted by molar-refractivity contribution is 0.0860. The summed E-state index contributed by atoms with van der Waals surface area (Å²) in [5.74, 6) is 0.851. The number of nitrogens with one attached hydrogen (secondary N) is 1. The van der Waals surface area contributed by atoms with E-state index in [1.807, 2.05) is 6.92 Å². The largest absolute Gasteiger partial charge is 0.378 e. The van der Waals surface area contributed by atoms with Crippen molar-refractivity contribution in [1.82, 2.24) is 15.3 Å². The van der Waals surface area contributed by atoms with Crippen LogP contribution in [0.2, 0.25) is 0 Å². The van der Waals surface area contributed by atoms with E-state index < -0.39 is 0 Å². The third-order valence-electron chi connectivity index (χ3n) is 4.74. The molecule has 1 atom stereocenters. The number of hydrogen-bond acceptors (Lipinski definition) is 7. The average Bonchev–Trinajstić information content (AvgIpc) is 3.28. The molecule has 0 spiro atoms. The molecular formula is C17H22N4O3S. The van der Waals surface area contributed by atoms with Crippen molar-refractivity contribution >= 4 is 33.3 Å². The Morgan fingerprint density at radius 2 is 2.20 bits per heavy atom. The number of thiophene rings is 1. The van der Waals surface area contributed by atoms with Crippen molar-refractivity contribution in [2.75, 3.05) is 44.4 Å². The van der Waals surface area contributed by atoms with Crippen LogP contribution in [0.15, 0.2) is 6.33 Å². The van der Waals surface area contributed by atoms with Gasteiger partial charge >= 0.3 is 0 Å². The highest BCUT2D eigenvalue weighted by molar-refractivity contribution is 7.20. The highest BCUT2D eigenvalue weighted by Gasteiger charge is 2.24. The predicted molar refractivity (Wildman–Crippen MR) is 96.5 cm³/mol. The number of hydrogen-bond donors (Lipinski definition) is 1. The Balaban J connectivity index is 1.59. The Kier molecular flexibility index (Phi) is 4.82. The summed E-state index contributed by atoms with van der Waals surface area (Å²) in [6.45, 7) is 6.35. The third-order valence-corrected chi connectivity index (χ3v) is 5.94. The van der Waals surface area contributed by atoms with Gasteiger partial charge in [0.05, 0.1) is 29.6 Å². The second kappa shape index (κ2) is 7.23. The summed E-state index contributed by atoms with van der Waals surface area (Å²) in [5, 5.41) is 3.99. The van der Waals surface area contributed by atoms with E-state index in [1.165, 1.54) is 11.3 Å². The van der Waals surface area contributed by atoms with Gasteiger partial charge in [-0.25, -0.2) is 9.97 Å². The van der Waals surface area contributed by atoms with Gasteiger partial charge in [-0.15, -0.1) is 11.3 Å². The lowest BCUT2D eigenvalue weighted by Crippen LogP contribution is -2.37. The fourth-order valence-electron chi connectivity index (χ4n) is 3.38. The molecule has 2 aromatic heterocycles. The van der Waals surface area contributed by atoms with Gasteiger partial charge < -0.3 is 19.7 Å². The number of nitrogens with zero attached hydrogens (tertiary/aromatic N) is 3. The highest BCUT2D eigenvalue weighted by atomic mass is 32.1. The second-order valence-corrected chi connectivity index (χ2v) is 7.38. The average molecular weight is 362 g/mol. The van der Waals surface area contributed by atoms with E-state index in [2.05, 4.69) is 20.2 Å². The maximum absolute atomic E-state index is 12.6. The van der Waals surface area contributed by atoms with Crippen molar-refractivity contribution in [2.24, 2.45) is 0 Å². The molecule has 2 fully saturated rings. The Bertz CT molecular complexity index is 767. The van der Waals surface area contributed by atoms with Gasteiger partial charge in [-0.05, 0) is 25.3 Å². The fourth-order valence-corrected chi connectivity index (χ4v) is 4.44. The van der Waals surface area contributed by atoms with Gasteiger partial charge in [0.25, 0.3) is 5.91 Å². The van der Waals surface area contributed by atoms with Crippen LogP contribution < -0.4 is 10.2 Å². The number of morpholine rings is 1. The molecule has 0 aliphatic carbocycles. The van der Waals surface area contributed by atoms with Crippen LogP contribution in [-0.2, 0) is 9.47 Å². The van der Waals surface area contributed by atoms with Gasteiger partial charge in [0.15, 0.2) is 0 Å². The number of amides is 1. The van der Waals surface area contributed by atoms with Crippen LogP contribution in [0.25, 0.3) is 10.2 Å². The standard InChI is InChI=1S/C17H22N4O3S/c1-11-13-15(21-4-7-23-8-5-21)19-10-20-17(13)25-14(11)16(22)18-9-12-3-2-6-24-12/h10,12H,2-9H2,1H3,(H,18,22). The van der Waals surface area contributed by atoms with Crippen molar-refractivity contribution in [3.05, 3.63) is 16.8 Å². The molecule has 8 heteroatoms. The summed E-state index contributed by atoms with van der Waals surface area (Å²) in [5.41, 5.74) is 0.951. The van der Waals surface area contributed by atoms with E-state index in [1.54, 1.807) is 6.33 Å². The van der Waals surface area contributed by atoms with E-state index in [4.69, 9.17) is 9.47 Å². The molecule has 0 aromatic carbocycles.